The lowest BCUT2D eigenvalue weighted by molar-refractivity contribution is 0.0895. The molecule has 64 valence electrons. The van der Waals surface area contributed by atoms with Crippen LogP contribution >= 0.6 is 0 Å². The Morgan fingerprint density at radius 2 is 2.27 bits per heavy atom. The molecule has 2 fully saturated rings. The van der Waals surface area contributed by atoms with Crippen molar-refractivity contribution in [2.75, 3.05) is 19.6 Å². The molecule has 2 heteroatoms. The lowest BCUT2D eigenvalue weighted by Gasteiger charge is -2.40. The summed E-state index contributed by atoms with van der Waals surface area (Å²) in [5.41, 5.74) is 5.61. The van der Waals surface area contributed by atoms with E-state index in [1.54, 1.807) is 0 Å². The van der Waals surface area contributed by atoms with Crippen LogP contribution in [0.2, 0.25) is 0 Å². The summed E-state index contributed by atoms with van der Waals surface area (Å²) in [4.78, 5) is 2.55. The molecule has 3 unspecified atom stereocenters. The van der Waals surface area contributed by atoms with Gasteiger partial charge in [0.2, 0.25) is 0 Å². The molecule has 1 heterocycles. The normalized spacial score (nSPS) is 43.6. The first-order chi connectivity index (χ1) is 5.31. The predicted octanol–water partition coefficient (Wildman–Crippen LogP) is 0.675. The number of hydrogen-bond acceptors (Lipinski definition) is 2. The van der Waals surface area contributed by atoms with Crippen molar-refractivity contribution in [3.8, 4) is 0 Å². The molecular formula is C9H18N2. The predicted molar refractivity (Wildman–Crippen MR) is 46.3 cm³/mol. The fourth-order valence-electron chi connectivity index (χ4n) is 1.96. The van der Waals surface area contributed by atoms with E-state index in [2.05, 4.69) is 11.8 Å². The fraction of sp³-hybridized carbons (Fsp3) is 1.00. The van der Waals surface area contributed by atoms with Crippen molar-refractivity contribution in [1.29, 1.82) is 0 Å². The van der Waals surface area contributed by atoms with Gasteiger partial charge >= 0.3 is 0 Å². The molecule has 2 nitrogen and oxygen atoms in total. The molecule has 0 aromatic heterocycles. The molecule has 0 bridgehead atoms. The van der Waals surface area contributed by atoms with Crippen LogP contribution in [-0.2, 0) is 0 Å². The van der Waals surface area contributed by atoms with Crippen molar-refractivity contribution in [3.05, 3.63) is 0 Å². The molecule has 3 atom stereocenters. The molecule has 0 spiro atoms. The second-order valence-electron chi connectivity index (χ2n) is 4.15. The highest BCUT2D eigenvalue weighted by molar-refractivity contribution is 4.91. The van der Waals surface area contributed by atoms with Gasteiger partial charge in [0.05, 0.1) is 0 Å². The van der Waals surface area contributed by atoms with E-state index < -0.39 is 0 Å². The molecule has 2 aliphatic rings. The van der Waals surface area contributed by atoms with Gasteiger partial charge in [0.25, 0.3) is 0 Å². The van der Waals surface area contributed by atoms with Crippen LogP contribution in [0.1, 0.15) is 19.8 Å². The van der Waals surface area contributed by atoms with E-state index in [9.17, 15) is 0 Å². The van der Waals surface area contributed by atoms with Crippen LogP contribution < -0.4 is 5.73 Å². The van der Waals surface area contributed by atoms with Gasteiger partial charge in [-0.15, -0.1) is 0 Å². The number of rotatable bonds is 3. The van der Waals surface area contributed by atoms with Crippen molar-refractivity contribution in [2.24, 2.45) is 17.6 Å². The maximum atomic E-state index is 5.61. The molecule has 0 aromatic carbocycles. The Kier molecular flexibility index (Phi) is 1.90. The second-order valence-corrected chi connectivity index (χ2v) is 4.15. The van der Waals surface area contributed by atoms with Gasteiger partial charge in [0.15, 0.2) is 0 Å². The summed E-state index contributed by atoms with van der Waals surface area (Å²) in [6.07, 6.45) is 2.78. The van der Waals surface area contributed by atoms with Crippen LogP contribution in [-0.4, -0.2) is 30.6 Å². The zero-order chi connectivity index (χ0) is 7.84. The van der Waals surface area contributed by atoms with E-state index in [0.717, 1.165) is 24.4 Å². The number of nitrogens with zero attached hydrogens (tertiary/aromatic N) is 1. The molecule has 11 heavy (non-hydrogen) atoms. The molecule has 0 radical (unpaired) electrons. The third kappa shape index (κ3) is 1.42. The first kappa shape index (κ1) is 7.56. The van der Waals surface area contributed by atoms with Gasteiger partial charge in [-0.3, -0.25) is 4.90 Å². The second kappa shape index (κ2) is 2.76. The summed E-state index contributed by atoms with van der Waals surface area (Å²) < 4.78 is 0. The molecule has 1 saturated carbocycles. The molecule has 0 aromatic rings. The van der Waals surface area contributed by atoms with Crippen molar-refractivity contribution in [2.45, 2.75) is 25.8 Å². The molecule has 0 amide bonds. The van der Waals surface area contributed by atoms with E-state index >= 15 is 0 Å². The average Bonchev–Trinajstić information content (AvgIpc) is 2.61. The van der Waals surface area contributed by atoms with E-state index in [1.165, 1.54) is 25.9 Å². The van der Waals surface area contributed by atoms with Crippen LogP contribution in [0, 0.1) is 11.8 Å². The molecule has 1 saturated heterocycles. The average molecular weight is 154 g/mol. The minimum atomic E-state index is 0.725. The first-order valence-corrected chi connectivity index (χ1v) is 4.75. The highest BCUT2D eigenvalue weighted by Gasteiger charge is 2.37. The first-order valence-electron chi connectivity index (χ1n) is 4.75. The monoisotopic (exact) mass is 154 g/mol. The summed E-state index contributed by atoms with van der Waals surface area (Å²) in [7, 11) is 0. The number of likely N-dealkylation sites (tertiary alicyclic amines) is 1. The summed E-state index contributed by atoms with van der Waals surface area (Å²) in [5.74, 6) is 2.00. The Bertz CT molecular complexity index is 144. The van der Waals surface area contributed by atoms with Gasteiger partial charge in [-0.1, -0.05) is 6.92 Å². The lowest BCUT2D eigenvalue weighted by atomic mass is 10.0. The summed E-state index contributed by atoms with van der Waals surface area (Å²) in [6.45, 7) is 5.83. The number of hydrogen-bond donors (Lipinski definition) is 1. The zero-order valence-corrected chi connectivity index (χ0v) is 7.29. The minimum Gasteiger partial charge on any atom is -0.329 e. The lowest BCUT2D eigenvalue weighted by Crippen LogP contribution is -2.52. The van der Waals surface area contributed by atoms with E-state index in [4.69, 9.17) is 5.73 Å². The van der Waals surface area contributed by atoms with Crippen LogP contribution in [0.15, 0.2) is 0 Å². The van der Waals surface area contributed by atoms with E-state index in [0.29, 0.717) is 0 Å². The van der Waals surface area contributed by atoms with Crippen molar-refractivity contribution >= 4 is 0 Å². The zero-order valence-electron chi connectivity index (χ0n) is 7.29. The Balaban J connectivity index is 1.70. The molecular weight excluding hydrogens is 136 g/mol. The van der Waals surface area contributed by atoms with Crippen LogP contribution in [0.25, 0.3) is 0 Å². The van der Waals surface area contributed by atoms with E-state index in [1.807, 2.05) is 0 Å². The smallest absolute Gasteiger partial charge is 0.0230 e. The van der Waals surface area contributed by atoms with Gasteiger partial charge in [-0.05, 0) is 24.7 Å². The highest BCUT2D eigenvalue weighted by Crippen LogP contribution is 2.39. The van der Waals surface area contributed by atoms with Crippen molar-refractivity contribution in [3.63, 3.8) is 0 Å². The Morgan fingerprint density at radius 1 is 1.55 bits per heavy atom. The van der Waals surface area contributed by atoms with Crippen molar-refractivity contribution in [1.82, 2.24) is 4.90 Å². The molecule has 2 rings (SSSR count). The molecule has 2 N–H and O–H groups in total. The van der Waals surface area contributed by atoms with Crippen LogP contribution in [0.5, 0.6) is 0 Å². The van der Waals surface area contributed by atoms with Gasteiger partial charge < -0.3 is 5.73 Å². The Hall–Kier alpha value is -0.0800. The Labute approximate surface area is 68.7 Å². The fourth-order valence-corrected chi connectivity index (χ4v) is 1.96. The maximum Gasteiger partial charge on any atom is 0.0230 e. The summed E-state index contributed by atoms with van der Waals surface area (Å²) in [6, 6.07) is 0.725. The SMILES string of the molecule is CC1CC1CN1CCC1CN. The van der Waals surface area contributed by atoms with Gasteiger partial charge in [-0.25, -0.2) is 0 Å². The highest BCUT2D eigenvalue weighted by atomic mass is 15.2. The van der Waals surface area contributed by atoms with E-state index in [-0.39, 0.29) is 0 Å². The minimum absolute atomic E-state index is 0.725. The maximum absolute atomic E-state index is 5.61. The topological polar surface area (TPSA) is 29.3 Å². The summed E-state index contributed by atoms with van der Waals surface area (Å²) in [5, 5.41) is 0. The Morgan fingerprint density at radius 3 is 2.64 bits per heavy atom. The third-order valence-corrected chi connectivity index (χ3v) is 3.28. The summed E-state index contributed by atoms with van der Waals surface area (Å²) >= 11 is 0. The van der Waals surface area contributed by atoms with Gasteiger partial charge in [0, 0.05) is 25.7 Å². The standard InChI is InChI=1S/C9H18N2/c1-7-4-8(7)6-11-3-2-9(11)5-10/h7-9H,2-6,10H2,1H3. The van der Waals surface area contributed by atoms with Gasteiger partial charge in [0.1, 0.15) is 0 Å². The van der Waals surface area contributed by atoms with Crippen LogP contribution in [0.4, 0.5) is 0 Å². The quantitative estimate of drug-likeness (QED) is 0.647. The van der Waals surface area contributed by atoms with Crippen LogP contribution in [0.3, 0.4) is 0 Å². The van der Waals surface area contributed by atoms with Gasteiger partial charge in [-0.2, -0.15) is 0 Å². The largest absolute Gasteiger partial charge is 0.329 e. The number of nitrogens with two attached hydrogens (primary N) is 1. The molecule has 1 aliphatic heterocycles. The molecule has 1 aliphatic carbocycles. The van der Waals surface area contributed by atoms with Crippen molar-refractivity contribution < 1.29 is 0 Å². The third-order valence-electron chi connectivity index (χ3n) is 3.28.